The minimum atomic E-state index is 0.131. The van der Waals surface area contributed by atoms with Crippen molar-refractivity contribution in [3.05, 3.63) is 41.2 Å². The summed E-state index contributed by atoms with van der Waals surface area (Å²) in [6, 6.07) is 2.28. The predicted molar refractivity (Wildman–Crippen MR) is 84.1 cm³/mol. The molecule has 0 bridgehead atoms. The highest BCUT2D eigenvalue weighted by Gasteiger charge is 2.17. The van der Waals surface area contributed by atoms with Gasteiger partial charge in [0.15, 0.2) is 0 Å². The largest absolute Gasteiger partial charge is 0.307 e. The fourth-order valence-electron chi connectivity index (χ4n) is 2.40. The summed E-state index contributed by atoms with van der Waals surface area (Å²) in [5, 5.41) is 8.07. The van der Waals surface area contributed by atoms with Crippen molar-refractivity contribution >= 4 is 0 Å². The molecule has 21 heavy (non-hydrogen) atoms. The van der Waals surface area contributed by atoms with E-state index in [0.717, 1.165) is 43.0 Å². The second-order valence-corrected chi connectivity index (χ2v) is 5.42. The van der Waals surface area contributed by atoms with Gasteiger partial charge in [-0.2, -0.15) is 5.10 Å². The summed E-state index contributed by atoms with van der Waals surface area (Å²) in [7, 11) is 0. The number of nitrogens with one attached hydrogen (secondary N) is 1. The summed E-state index contributed by atoms with van der Waals surface area (Å²) in [5.41, 5.74) is 3.38. The first-order chi connectivity index (χ1) is 10.1. The summed E-state index contributed by atoms with van der Waals surface area (Å²) in [4.78, 5) is 8.97. The molecule has 1 atom stereocenters. The molecular formula is C16H25N5. The van der Waals surface area contributed by atoms with E-state index in [9.17, 15) is 0 Å². The average molecular weight is 287 g/mol. The zero-order chi connectivity index (χ0) is 15.2. The third-order valence-corrected chi connectivity index (χ3v) is 3.45. The van der Waals surface area contributed by atoms with Crippen molar-refractivity contribution < 1.29 is 0 Å². The van der Waals surface area contributed by atoms with Crippen molar-refractivity contribution in [3.8, 4) is 0 Å². The van der Waals surface area contributed by atoms with Crippen LogP contribution in [0.25, 0.3) is 0 Å². The summed E-state index contributed by atoms with van der Waals surface area (Å²) in [5.74, 6) is 0.857. The molecule has 0 aliphatic carbocycles. The Hall–Kier alpha value is -1.75. The molecule has 0 aromatic carbocycles. The predicted octanol–water partition coefficient (Wildman–Crippen LogP) is 2.59. The van der Waals surface area contributed by atoms with Crippen LogP contribution in [-0.4, -0.2) is 26.3 Å². The molecule has 5 nitrogen and oxygen atoms in total. The smallest absolute Gasteiger partial charge is 0.145 e. The number of aryl methyl sites for hydroxylation is 3. The van der Waals surface area contributed by atoms with Crippen LogP contribution in [0.4, 0.5) is 0 Å². The van der Waals surface area contributed by atoms with E-state index in [4.69, 9.17) is 0 Å². The van der Waals surface area contributed by atoms with Crippen LogP contribution in [0.15, 0.2) is 18.5 Å². The Kier molecular flexibility index (Phi) is 5.44. The van der Waals surface area contributed by atoms with E-state index in [1.165, 1.54) is 5.69 Å². The molecule has 2 aromatic heterocycles. The Morgan fingerprint density at radius 2 is 1.90 bits per heavy atom. The van der Waals surface area contributed by atoms with Gasteiger partial charge in [0.05, 0.1) is 11.7 Å². The molecule has 0 radical (unpaired) electrons. The molecule has 0 spiro atoms. The highest BCUT2D eigenvalue weighted by Crippen LogP contribution is 2.16. The van der Waals surface area contributed by atoms with Crippen LogP contribution in [0.5, 0.6) is 0 Å². The molecule has 0 saturated heterocycles. The summed E-state index contributed by atoms with van der Waals surface area (Å²) in [6.07, 6.45) is 5.71. The van der Waals surface area contributed by atoms with E-state index in [1.54, 1.807) is 0 Å². The lowest BCUT2D eigenvalue weighted by Crippen LogP contribution is -2.27. The topological polar surface area (TPSA) is 55.6 Å². The molecule has 0 saturated carbocycles. The molecule has 114 valence electrons. The molecule has 2 heterocycles. The molecular weight excluding hydrogens is 262 g/mol. The minimum Gasteiger partial charge on any atom is -0.307 e. The van der Waals surface area contributed by atoms with Crippen LogP contribution < -0.4 is 5.32 Å². The van der Waals surface area contributed by atoms with Crippen molar-refractivity contribution in [2.75, 3.05) is 6.54 Å². The van der Waals surface area contributed by atoms with E-state index in [-0.39, 0.29) is 6.04 Å². The maximum atomic E-state index is 4.52. The highest BCUT2D eigenvalue weighted by molar-refractivity contribution is 5.13. The van der Waals surface area contributed by atoms with Crippen LogP contribution in [-0.2, 0) is 13.0 Å². The van der Waals surface area contributed by atoms with E-state index < -0.39 is 0 Å². The van der Waals surface area contributed by atoms with Gasteiger partial charge in [0, 0.05) is 31.1 Å². The first-order valence-electron chi connectivity index (χ1n) is 7.69. The molecule has 0 amide bonds. The second kappa shape index (κ2) is 7.31. The Morgan fingerprint density at radius 1 is 1.19 bits per heavy atom. The van der Waals surface area contributed by atoms with Gasteiger partial charge in [0.25, 0.3) is 0 Å². The maximum Gasteiger partial charge on any atom is 0.145 e. The quantitative estimate of drug-likeness (QED) is 0.850. The maximum absolute atomic E-state index is 4.52. The first kappa shape index (κ1) is 15.6. The van der Waals surface area contributed by atoms with Crippen LogP contribution in [0.2, 0.25) is 0 Å². The van der Waals surface area contributed by atoms with Gasteiger partial charge in [-0.15, -0.1) is 0 Å². The SMILES string of the molecule is CCCNC(Cc1cc(C)nn1CC)c1ncc(C)cn1. The van der Waals surface area contributed by atoms with E-state index in [2.05, 4.69) is 45.0 Å². The fourth-order valence-corrected chi connectivity index (χ4v) is 2.40. The molecule has 2 aromatic rings. The van der Waals surface area contributed by atoms with Gasteiger partial charge in [-0.25, -0.2) is 9.97 Å². The van der Waals surface area contributed by atoms with Gasteiger partial charge in [-0.1, -0.05) is 6.92 Å². The zero-order valence-corrected chi connectivity index (χ0v) is 13.4. The van der Waals surface area contributed by atoms with Crippen LogP contribution >= 0.6 is 0 Å². The Labute approximate surface area is 126 Å². The van der Waals surface area contributed by atoms with Gasteiger partial charge >= 0.3 is 0 Å². The minimum absolute atomic E-state index is 0.131. The second-order valence-electron chi connectivity index (χ2n) is 5.42. The lowest BCUT2D eigenvalue weighted by molar-refractivity contribution is 0.482. The van der Waals surface area contributed by atoms with Crippen molar-refractivity contribution in [2.24, 2.45) is 0 Å². The lowest BCUT2D eigenvalue weighted by atomic mass is 10.1. The number of hydrogen-bond acceptors (Lipinski definition) is 4. The van der Waals surface area contributed by atoms with Crippen molar-refractivity contribution in [1.29, 1.82) is 0 Å². The lowest BCUT2D eigenvalue weighted by Gasteiger charge is -2.17. The van der Waals surface area contributed by atoms with E-state index in [1.807, 2.05) is 26.2 Å². The summed E-state index contributed by atoms with van der Waals surface area (Å²) < 4.78 is 2.06. The van der Waals surface area contributed by atoms with Crippen molar-refractivity contribution in [1.82, 2.24) is 25.1 Å². The highest BCUT2D eigenvalue weighted by atomic mass is 15.3. The average Bonchev–Trinajstić information content (AvgIpc) is 2.84. The molecule has 0 aliphatic heterocycles. The van der Waals surface area contributed by atoms with Gasteiger partial charge in [0.2, 0.25) is 0 Å². The van der Waals surface area contributed by atoms with E-state index >= 15 is 0 Å². The van der Waals surface area contributed by atoms with E-state index in [0.29, 0.717) is 0 Å². The normalized spacial score (nSPS) is 12.6. The molecule has 0 aliphatic rings. The van der Waals surface area contributed by atoms with Gasteiger partial charge in [-0.3, -0.25) is 4.68 Å². The van der Waals surface area contributed by atoms with Crippen molar-refractivity contribution in [3.63, 3.8) is 0 Å². The molecule has 5 heteroatoms. The first-order valence-corrected chi connectivity index (χ1v) is 7.69. The zero-order valence-electron chi connectivity index (χ0n) is 13.4. The van der Waals surface area contributed by atoms with Crippen LogP contribution in [0.1, 0.15) is 49.1 Å². The third kappa shape index (κ3) is 4.11. The molecule has 1 N–H and O–H groups in total. The monoisotopic (exact) mass is 287 g/mol. The Balaban J connectivity index is 2.21. The van der Waals surface area contributed by atoms with Gasteiger partial charge in [0.1, 0.15) is 5.82 Å². The Morgan fingerprint density at radius 3 is 2.52 bits per heavy atom. The molecule has 1 unspecified atom stereocenters. The van der Waals surface area contributed by atoms with Crippen LogP contribution in [0, 0.1) is 13.8 Å². The Bertz CT molecular complexity index is 559. The summed E-state index contributed by atoms with van der Waals surface area (Å²) >= 11 is 0. The summed E-state index contributed by atoms with van der Waals surface area (Å²) in [6.45, 7) is 10.2. The number of hydrogen-bond donors (Lipinski definition) is 1. The standard InChI is InChI=1S/C16H25N5/c1-5-7-17-15(16-18-10-12(3)11-19-16)9-14-8-13(4)20-21(14)6-2/h8,10-11,15,17H,5-7,9H2,1-4H3. The fraction of sp³-hybridized carbons (Fsp3) is 0.562. The van der Waals surface area contributed by atoms with Gasteiger partial charge in [-0.05, 0) is 45.4 Å². The number of aromatic nitrogens is 4. The number of nitrogens with zero attached hydrogens (tertiary/aromatic N) is 4. The number of rotatable bonds is 7. The molecule has 2 rings (SSSR count). The van der Waals surface area contributed by atoms with Crippen LogP contribution in [0.3, 0.4) is 0 Å². The third-order valence-electron chi connectivity index (χ3n) is 3.45. The van der Waals surface area contributed by atoms with Crippen molar-refractivity contribution in [2.45, 2.75) is 53.1 Å². The van der Waals surface area contributed by atoms with Gasteiger partial charge < -0.3 is 5.32 Å². The molecule has 0 fully saturated rings.